The number of hydrogen-bond donors (Lipinski definition) is 0. The molecule has 3 nitrogen and oxygen atoms in total. The largest absolute Gasteiger partial charge is 0.463 e. The van der Waals surface area contributed by atoms with E-state index < -0.39 is 5.79 Å². The second kappa shape index (κ2) is 5.84. The number of ether oxygens (including phenoxy) is 2. The number of carbonyl (C=O) groups is 1. The first kappa shape index (κ1) is 17.1. The molecule has 0 radical (unpaired) electrons. The molecule has 0 saturated heterocycles. The molecule has 0 aromatic heterocycles. The molecular weight excluding hydrogens is 312 g/mol. The molecule has 0 heterocycles. The van der Waals surface area contributed by atoms with E-state index in [-0.39, 0.29) is 5.41 Å². The Hall–Kier alpha value is -1.35. The number of methoxy groups -OCH3 is 1. The van der Waals surface area contributed by atoms with Gasteiger partial charge in [0.25, 0.3) is 0 Å². The summed E-state index contributed by atoms with van der Waals surface area (Å²) < 4.78 is 11.4. The molecule has 0 N–H and O–H groups in total. The van der Waals surface area contributed by atoms with E-state index in [4.69, 9.17) is 9.47 Å². The molecule has 1 aromatic carbocycles. The standard InChI is InChI=1S/C22H30O3/c1-21(2,24-4)25-15-6-8-16-14(13-15)5-7-18-17(16)11-12-22(3)19(18)9-10-20(22)23/h6,8,13,17-19H,5,7,9-12H2,1-4H3/t17-,18-,19+,22+/m1/s1. The zero-order valence-corrected chi connectivity index (χ0v) is 15.9. The van der Waals surface area contributed by atoms with Gasteiger partial charge < -0.3 is 9.47 Å². The first-order chi connectivity index (χ1) is 11.8. The van der Waals surface area contributed by atoms with Crippen molar-refractivity contribution in [3.63, 3.8) is 0 Å². The highest BCUT2D eigenvalue weighted by molar-refractivity contribution is 5.87. The van der Waals surface area contributed by atoms with Crippen molar-refractivity contribution in [2.75, 3.05) is 7.11 Å². The van der Waals surface area contributed by atoms with Gasteiger partial charge in [-0.2, -0.15) is 0 Å². The average Bonchev–Trinajstić information content (AvgIpc) is 2.89. The fraction of sp³-hybridized carbons (Fsp3) is 0.682. The van der Waals surface area contributed by atoms with Gasteiger partial charge in [0.1, 0.15) is 11.5 Å². The predicted molar refractivity (Wildman–Crippen MR) is 97.8 cm³/mol. The van der Waals surface area contributed by atoms with Crippen molar-refractivity contribution in [3.05, 3.63) is 29.3 Å². The summed E-state index contributed by atoms with van der Waals surface area (Å²) in [6.07, 6.45) is 6.43. The summed E-state index contributed by atoms with van der Waals surface area (Å²) in [5.74, 6) is 2.70. The minimum Gasteiger partial charge on any atom is -0.463 e. The summed E-state index contributed by atoms with van der Waals surface area (Å²) in [6.45, 7) is 6.10. The average molecular weight is 342 g/mol. The third-order valence-corrected chi connectivity index (χ3v) is 7.26. The highest BCUT2D eigenvalue weighted by Crippen LogP contribution is 2.59. The number of rotatable bonds is 3. The van der Waals surface area contributed by atoms with Crippen molar-refractivity contribution in [2.24, 2.45) is 17.3 Å². The third-order valence-electron chi connectivity index (χ3n) is 7.26. The van der Waals surface area contributed by atoms with E-state index in [9.17, 15) is 4.79 Å². The van der Waals surface area contributed by atoms with E-state index >= 15 is 0 Å². The lowest BCUT2D eigenvalue weighted by Crippen LogP contribution is -2.42. The van der Waals surface area contributed by atoms with Gasteiger partial charge in [0.2, 0.25) is 5.79 Å². The summed E-state index contributed by atoms with van der Waals surface area (Å²) in [4.78, 5) is 12.4. The Morgan fingerprint density at radius 1 is 1.16 bits per heavy atom. The van der Waals surface area contributed by atoms with Gasteiger partial charge in [-0.25, -0.2) is 0 Å². The minimum absolute atomic E-state index is 0.0375. The maximum atomic E-state index is 12.4. The number of hydrogen-bond acceptors (Lipinski definition) is 3. The quantitative estimate of drug-likeness (QED) is 0.735. The van der Waals surface area contributed by atoms with Gasteiger partial charge >= 0.3 is 0 Å². The highest BCUT2D eigenvalue weighted by Gasteiger charge is 2.54. The summed E-state index contributed by atoms with van der Waals surface area (Å²) in [5.41, 5.74) is 2.89. The third kappa shape index (κ3) is 2.71. The summed E-state index contributed by atoms with van der Waals surface area (Å²) in [6, 6.07) is 6.57. The van der Waals surface area contributed by atoms with Gasteiger partial charge in [-0.1, -0.05) is 13.0 Å². The Kier molecular flexibility index (Phi) is 3.99. The molecule has 0 spiro atoms. The van der Waals surface area contributed by atoms with Gasteiger partial charge in [-0.05, 0) is 73.1 Å². The van der Waals surface area contributed by atoms with Crippen LogP contribution in [-0.4, -0.2) is 18.7 Å². The van der Waals surface area contributed by atoms with Gasteiger partial charge in [0.15, 0.2) is 0 Å². The molecule has 0 aliphatic heterocycles. The number of Topliss-reactive ketones (excluding diaryl/α,β-unsaturated/α-hetero) is 1. The molecule has 3 aliphatic carbocycles. The van der Waals surface area contributed by atoms with Crippen LogP contribution in [0, 0.1) is 17.3 Å². The second-order valence-electron chi connectivity index (χ2n) is 8.90. The molecule has 4 rings (SSSR count). The van der Waals surface area contributed by atoms with Gasteiger partial charge in [-0.15, -0.1) is 0 Å². The minimum atomic E-state index is -0.609. The zero-order chi connectivity index (χ0) is 17.8. The normalized spacial score (nSPS) is 34.2. The van der Waals surface area contributed by atoms with E-state index in [1.165, 1.54) is 17.5 Å². The highest BCUT2D eigenvalue weighted by atomic mass is 16.7. The van der Waals surface area contributed by atoms with Crippen LogP contribution in [0.3, 0.4) is 0 Å². The van der Waals surface area contributed by atoms with Crippen LogP contribution in [0.1, 0.15) is 69.9 Å². The zero-order valence-electron chi connectivity index (χ0n) is 15.9. The number of aryl methyl sites for hydroxylation is 1. The summed E-state index contributed by atoms with van der Waals surface area (Å²) in [7, 11) is 1.67. The van der Waals surface area contributed by atoms with Crippen LogP contribution in [0.4, 0.5) is 0 Å². The molecular formula is C22H30O3. The van der Waals surface area contributed by atoms with Crippen LogP contribution in [-0.2, 0) is 16.0 Å². The Bertz CT molecular complexity index is 693. The molecule has 2 fully saturated rings. The maximum Gasteiger partial charge on any atom is 0.204 e. The SMILES string of the molecule is COC(C)(C)Oc1ccc2c(c1)CC[C@@H]1[C@@H]2CC[C@]2(C)C(=O)CC[C@@H]12. The fourth-order valence-corrected chi connectivity index (χ4v) is 5.72. The lowest BCUT2D eigenvalue weighted by atomic mass is 9.55. The number of fused-ring (bicyclic) bond motifs is 5. The van der Waals surface area contributed by atoms with Crippen molar-refractivity contribution < 1.29 is 14.3 Å². The molecule has 1 aromatic rings. The molecule has 0 amide bonds. The Labute approximate surface area is 151 Å². The molecule has 3 aliphatic rings. The van der Waals surface area contributed by atoms with Crippen molar-refractivity contribution >= 4 is 5.78 Å². The molecule has 25 heavy (non-hydrogen) atoms. The van der Waals surface area contributed by atoms with E-state index in [1.807, 2.05) is 13.8 Å². The predicted octanol–water partition coefficient (Wildman–Crippen LogP) is 4.87. The van der Waals surface area contributed by atoms with Crippen molar-refractivity contribution in [3.8, 4) is 5.75 Å². The Morgan fingerprint density at radius 3 is 2.72 bits per heavy atom. The first-order valence-corrected chi connectivity index (χ1v) is 9.74. The van der Waals surface area contributed by atoms with E-state index in [2.05, 4.69) is 25.1 Å². The maximum absolute atomic E-state index is 12.4. The van der Waals surface area contributed by atoms with E-state index in [0.29, 0.717) is 23.5 Å². The molecule has 2 saturated carbocycles. The topological polar surface area (TPSA) is 35.5 Å². The molecule has 0 bridgehead atoms. The summed E-state index contributed by atoms with van der Waals surface area (Å²) >= 11 is 0. The van der Waals surface area contributed by atoms with E-state index in [1.54, 1.807) is 7.11 Å². The monoisotopic (exact) mass is 342 g/mol. The van der Waals surface area contributed by atoms with Crippen LogP contribution in [0.2, 0.25) is 0 Å². The van der Waals surface area contributed by atoms with Gasteiger partial charge in [0, 0.05) is 32.8 Å². The van der Waals surface area contributed by atoms with Crippen LogP contribution in [0.5, 0.6) is 5.75 Å². The molecule has 3 heteroatoms. The van der Waals surface area contributed by atoms with Gasteiger partial charge in [-0.3, -0.25) is 4.79 Å². The lowest BCUT2D eigenvalue weighted by Gasteiger charge is -2.48. The molecule has 136 valence electrons. The van der Waals surface area contributed by atoms with Crippen LogP contribution >= 0.6 is 0 Å². The summed E-state index contributed by atoms with van der Waals surface area (Å²) in [5, 5.41) is 0. The number of carbonyl (C=O) groups excluding carboxylic acids is 1. The smallest absolute Gasteiger partial charge is 0.204 e. The molecule has 0 unspecified atom stereocenters. The first-order valence-electron chi connectivity index (χ1n) is 9.74. The van der Waals surface area contributed by atoms with Crippen LogP contribution in [0.25, 0.3) is 0 Å². The van der Waals surface area contributed by atoms with Crippen LogP contribution < -0.4 is 4.74 Å². The van der Waals surface area contributed by atoms with Crippen molar-refractivity contribution in [2.45, 2.75) is 71.0 Å². The number of benzene rings is 1. The van der Waals surface area contributed by atoms with Crippen molar-refractivity contribution in [1.29, 1.82) is 0 Å². The van der Waals surface area contributed by atoms with E-state index in [0.717, 1.165) is 37.9 Å². The fourth-order valence-electron chi connectivity index (χ4n) is 5.72. The van der Waals surface area contributed by atoms with Gasteiger partial charge in [0.05, 0.1) is 0 Å². The molecule has 4 atom stereocenters. The Balaban J connectivity index is 1.60. The van der Waals surface area contributed by atoms with Crippen LogP contribution in [0.15, 0.2) is 18.2 Å². The number of ketones is 1. The second-order valence-corrected chi connectivity index (χ2v) is 8.90. The Morgan fingerprint density at radius 2 is 1.96 bits per heavy atom. The lowest BCUT2D eigenvalue weighted by molar-refractivity contribution is -0.134. The van der Waals surface area contributed by atoms with Crippen molar-refractivity contribution in [1.82, 2.24) is 0 Å².